The Kier molecular flexibility index (Phi) is 4.25. The molecule has 0 radical (unpaired) electrons. The third kappa shape index (κ3) is 2.80. The maximum Gasteiger partial charge on any atom is 0.335 e. The number of hydrazone groups is 1. The van der Waals surface area contributed by atoms with Crippen LogP contribution in [0.2, 0.25) is 0 Å². The van der Waals surface area contributed by atoms with E-state index in [0.29, 0.717) is 0 Å². The van der Waals surface area contributed by atoms with Crippen LogP contribution in [-0.4, -0.2) is 38.7 Å². The summed E-state index contributed by atoms with van der Waals surface area (Å²) in [4.78, 5) is 36.9. The number of benzene rings is 1. The summed E-state index contributed by atoms with van der Waals surface area (Å²) >= 11 is 0. The fourth-order valence-electron chi connectivity index (χ4n) is 5.45. The molecule has 158 valence electrons. The standard InChI is InChI=1S/C24H23N3O4/c1-12-8-17(24(30)31)6-7-19(12)26-13(2)9-18(14(26)3)11-25-27-22(28)20-15-4-5-16(10-15)21(20)23(27)29/h4-9,11,15-16,20-21H,10H2,1-3H3,(H,30,31). The first-order valence-electron chi connectivity index (χ1n) is 10.4. The van der Waals surface area contributed by atoms with Crippen molar-refractivity contribution in [3.63, 3.8) is 0 Å². The Hall–Kier alpha value is -3.48. The zero-order valence-corrected chi connectivity index (χ0v) is 17.6. The van der Waals surface area contributed by atoms with Crippen LogP contribution in [0.3, 0.4) is 0 Å². The third-order valence-corrected chi connectivity index (χ3v) is 6.91. The van der Waals surface area contributed by atoms with E-state index in [1.807, 2.05) is 31.4 Å². The van der Waals surface area contributed by atoms with E-state index in [0.717, 1.165) is 39.6 Å². The molecule has 7 heteroatoms. The first kappa shape index (κ1) is 19.5. The van der Waals surface area contributed by atoms with Crippen molar-refractivity contribution in [2.45, 2.75) is 27.2 Å². The maximum absolute atomic E-state index is 12.8. The van der Waals surface area contributed by atoms with Gasteiger partial charge in [-0.25, -0.2) is 4.79 Å². The van der Waals surface area contributed by atoms with Gasteiger partial charge in [0.05, 0.1) is 23.6 Å². The van der Waals surface area contributed by atoms with Gasteiger partial charge in [0.25, 0.3) is 11.8 Å². The lowest BCUT2D eigenvalue weighted by Crippen LogP contribution is -2.28. The van der Waals surface area contributed by atoms with Gasteiger partial charge in [0.1, 0.15) is 0 Å². The Morgan fingerprint density at radius 2 is 1.71 bits per heavy atom. The molecule has 2 fully saturated rings. The number of carboxylic acid groups (broad SMARTS) is 1. The van der Waals surface area contributed by atoms with Crippen molar-refractivity contribution in [2.24, 2.45) is 28.8 Å². The van der Waals surface area contributed by atoms with Gasteiger partial charge in [-0.15, -0.1) is 0 Å². The van der Waals surface area contributed by atoms with Gasteiger partial charge in [-0.1, -0.05) is 12.2 Å². The Labute approximate surface area is 179 Å². The van der Waals surface area contributed by atoms with Gasteiger partial charge in [-0.3, -0.25) is 9.59 Å². The minimum absolute atomic E-state index is 0.161. The lowest BCUT2D eigenvalue weighted by molar-refractivity contribution is -0.140. The predicted molar refractivity (Wildman–Crippen MR) is 114 cm³/mol. The summed E-state index contributed by atoms with van der Waals surface area (Å²) in [6.45, 7) is 5.76. The molecule has 0 spiro atoms. The summed E-state index contributed by atoms with van der Waals surface area (Å²) in [5, 5.41) is 14.6. The normalized spacial score (nSPS) is 26.5. The average molecular weight is 417 g/mol. The SMILES string of the molecule is Cc1cc(C(=O)O)ccc1-n1c(C)cc(C=NN2C(=O)C3C4C=CC(C4)C3C2=O)c1C. The van der Waals surface area contributed by atoms with Crippen LogP contribution in [-0.2, 0) is 9.59 Å². The third-order valence-electron chi connectivity index (χ3n) is 6.91. The van der Waals surface area contributed by atoms with E-state index >= 15 is 0 Å². The number of aryl methyl sites for hydroxylation is 2. The first-order valence-corrected chi connectivity index (χ1v) is 10.4. The molecule has 1 N–H and O–H groups in total. The largest absolute Gasteiger partial charge is 0.478 e. The first-order chi connectivity index (χ1) is 14.8. The van der Waals surface area contributed by atoms with Crippen molar-refractivity contribution in [2.75, 3.05) is 0 Å². The molecule has 2 heterocycles. The van der Waals surface area contributed by atoms with Gasteiger partial charge in [0.15, 0.2) is 0 Å². The Balaban J connectivity index is 1.44. The topological polar surface area (TPSA) is 92.0 Å². The quantitative estimate of drug-likeness (QED) is 0.470. The zero-order valence-electron chi connectivity index (χ0n) is 17.6. The number of rotatable bonds is 4. The minimum Gasteiger partial charge on any atom is -0.478 e. The molecule has 1 aromatic carbocycles. The van der Waals surface area contributed by atoms with Crippen LogP contribution >= 0.6 is 0 Å². The van der Waals surface area contributed by atoms with Crippen LogP contribution in [0.4, 0.5) is 0 Å². The van der Waals surface area contributed by atoms with Crippen molar-refractivity contribution >= 4 is 24.0 Å². The van der Waals surface area contributed by atoms with Crippen LogP contribution < -0.4 is 0 Å². The number of carbonyl (C=O) groups is 3. The zero-order chi connectivity index (χ0) is 22.0. The number of hydrogen-bond acceptors (Lipinski definition) is 4. The van der Waals surface area contributed by atoms with E-state index in [2.05, 4.69) is 17.3 Å². The summed E-state index contributed by atoms with van der Waals surface area (Å²) in [7, 11) is 0. The van der Waals surface area contributed by atoms with Gasteiger partial charge in [0.2, 0.25) is 0 Å². The molecule has 2 bridgehead atoms. The number of nitrogens with zero attached hydrogens (tertiary/aromatic N) is 3. The fourth-order valence-corrected chi connectivity index (χ4v) is 5.45. The maximum atomic E-state index is 12.8. The Morgan fingerprint density at radius 3 is 2.29 bits per heavy atom. The molecule has 2 amide bonds. The highest BCUT2D eigenvalue weighted by Gasteiger charge is 2.59. The van der Waals surface area contributed by atoms with Gasteiger partial charge >= 0.3 is 5.97 Å². The summed E-state index contributed by atoms with van der Waals surface area (Å²) in [6, 6.07) is 6.96. The van der Waals surface area contributed by atoms with Crippen molar-refractivity contribution in [1.82, 2.24) is 9.58 Å². The highest BCUT2D eigenvalue weighted by molar-refractivity contribution is 6.06. The van der Waals surface area contributed by atoms with Crippen molar-refractivity contribution < 1.29 is 19.5 Å². The number of aromatic carboxylic acids is 1. The second-order valence-corrected chi connectivity index (χ2v) is 8.70. The highest BCUT2D eigenvalue weighted by Crippen LogP contribution is 2.52. The van der Waals surface area contributed by atoms with Crippen LogP contribution in [0.15, 0.2) is 41.5 Å². The second kappa shape index (κ2) is 6.77. The summed E-state index contributed by atoms with van der Waals surface area (Å²) in [5.74, 6) is -1.56. The van der Waals surface area contributed by atoms with E-state index in [4.69, 9.17) is 0 Å². The number of hydrogen-bond donors (Lipinski definition) is 1. The van der Waals surface area contributed by atoms with Crippen LogP contribution in [0, 0.1) is 44.4 Å². The number of amides is 2. The van der Waals surface area contributed by atoms with Crippen molar-refractivity contribution in [3.05, 3.63) is 64.5 Å². The van der Waals surface area contributed by atoms with E-state index in [9.17, 15) is 19.5 Å². The van der Waals surface area contributed by atoms with Crippen molar-refractivity contribution in [3.8, 4) is 5.69 Å². The van der Waals surface area contributed by atoms with E-state index in [-0.39, 0.29) is 41.0 Å². The molecule has 1 saturated heterocycles. The molecule has 2 aromatic rings. The molecule has 31 heavy (non-hydrogen) atoms. The smallest absolute Gasteiger partial charge is 0.335 e. The average Bonchev–Trinajstić information content (AvgIpc) is 3.46. The number of aromatic nitrogens is 1. The molecule has 4 atom stereocenters. The Morgan fingerprint density at radius 1 is 1.06 bits per heavy atom. The predicted octanol–water partition coefficient (Wildman–Crippen LogP) is 3.24. The monoisotopic (exact) mass is 417 g/mol. The molecule has 3 aliphatic rings. The minimum atomic E-state index is -0.961. The van der Waals surface area contributed by atoms with Crippen molar-refractivity contribution in [1.29, 1.82) is 0 Å². The van der Waals surface area contributed by atoms with Crippen LogP contribution in [0.5, 0.6) is 0 Å². The lowest BCUT2D eigenvalue weighted by atomic mass is 9.85. The molecule has 5 rings (SSSR count). The number of carboxylic acids is 1. The highest BCUT2D eigenvalue weighted by atomic mass is 16.4. The molecule has 1 aromatic heterocycles. The summed E-state index contributed by atoms with van der Waals surface area (Å²) < 4.78 is 2.02. The van der Waals surface area contributed by atoms with Crippen LogP contribution in [0.1, 0.15) is 39.3 Å². The number of imide groups is 1. The van der Waals surface area contributed by atoms with E-state index < -0.39 is 5.97 Å². The Bertz CT molecular complexity index is 1180. The molecule has 1 saturated carbocycles. The van der Waals surface area contributed by atoms with Gasteiger partial charge in [0, 0.05) is 22.6 Å². The van der Waals surface area contributed by atoms with Crippen LogP contribution in [0.25, 0.3) is 5.69 Å². The molecule has 1 aliphatic heterocycles. The van der Waals surface area contributed by atoms with Gasteiger partial charge in [-0.05, 0) is 68.9 Å². The molecule has 2 aliphatic carbocycles. The number of fused-ring (bicyclic) bond motifs is 5. The summed E-state index contributed by atoms with van der Waals surface area (Å²) in [5.41, 5.74) is 4.61. The van der Waals surface area contributed by atoms with E-state index in [1.54, 1.807) is 24.4 Å². The number of allylic oxidation sites excluding steroid dienone is 2. The van der Waals surface area contributed by atoms with E-state index in [1.165, 1.54) is 0 Å². The molecule has 4 unspecified atom stereocenters. The fraction of sp³-hybridized carbons (Fsp3) is 0.333. The second-order valence-electron chi connectivity index (χ2n) is 8.70. The molecule has 7 nitrogen and oxygen atoms in total. The molecular weight excluding hydrogens is 394 g/mol. The van der Waals surface area contributed by atoms with Gasteiger partial charge in [-0.2, -0.15) is 10.1 Å². The molecular formula is C24H23N3O4. The van der Waals surface area contributed by atoms with Gasteiger partial charge < -0.3 is 9.67 Å². The number of carbonyl (C=O) groups excluding carboxylic acids is 2. The summed E-state index contributed by atoms with van der Waals surface area (Å²) in [6.07, 6.45) is 6.60. The lowest BCUT2D eigenvalue weighted by Gasteiger charge is -2.13.